The Morgan fingerprint density at radius 3 is 2.75 bits per heavy atom. The van der Waals surface area contributed by atoms with Crippen molar-refractivity contribution in [1.29, 1.82) is 0 Å². The summed E-state index contributed by atoms with van der Waals surface area (Å²) in [4.78, 5) is 48.0. The number of urea groups is 2. The third-order valence-corrected chi connectivity index (χ3v) is 5.63. The van der Waals surface area contributed by atoms with Gasteiger partial charge in [-0.3, -0.25) is 4.90 Å². The summed E-state index contributed by atoms with van der Waals surface area (Å²) < 4.78 is 4.96. The van der Waals surface area contributed by atoms with Crippen LogP contribution < -0.4 is 5.32 Å². The number of thiophene rings is 1. The van der Waals surface area contributed by atoms with Crippen molar-refractivity contribution in [2.75, 3.05) is 11.9 Å². The normalized spacial score (nSPS) is 18.3. The van der Waals surface area contributed by atoms with Crippen LogP contribution >= 0.6 is 11.3 Å². The van der Waals surface area contributed by atoms with Gasteiger partial charge in [-0.25, -0.2) is 14.4 Å². The lowest BCUT2D eigenvalue weighted by Gasteiger charge is -2.31. The summed E-state index contributed by atoms with van der Waals surface area (Å²) in [7, 11) is 0. The molecule has 0 fully saturated rings. The number of carbonyl (C=O) groups excluding carboxylic acids is 3. The largest absolute Gasteiger partial charge is 0.462 e. The standard InChI is InChI=1S/C23H20N4O4S/c1-2-31-21(28)15-9-11-16(12-10-15)24-22(29)26-20-18-7-3-4-8-19(18)25-23(30)27(20)14-17-6-5-13-32-17/h3-13,18H,2,14H2,1H3,(H,24,29)/b26-20+. The summed E-state index contributed by atoms with van der Waals surface area (Å²) in [5, 5.41) is 4.60. The molecule has 1 N–H and O–H groups in total. The predicted octanol–water partition coefficient (Wildman–Crippen LogP) is 4.67. The van der Waals surface area contributed by atoms with Gasteiger partial charge in [0.05, 0.1) is 30.3 Å². The van der Waals surface area contributed by atoms with Gasteiger partial charge in [-0.1, -0.05) is 24.3 Å². The maximum Gasteiger partial charge on any atom is 0.349 e. The van der Waals surface area contributed by atoms with Gasteiger partial charge >= 0.3 is 18.0 Å². The van der Waals surface area contributed by atoms with Gasteiger partial charge in [0, 0.05) is 10.6 Å². The minimum Gasteiger partial charge on any atom is -0.462 e. The number of benzene rings is 1. The average molecular weight is 449 g/mol. The van der Waals surface area contributed by atoms with Gasteiger partial charge in [0.2, 0.25) is 0 Å². The van der Waals surface area contributed by atoms with Crippen molar-refractivity contribution in [3.05, 3.63) is 76.5 Å². The van der Waals surface area contributed by atoms with E-state index in [4.69, 9.17) is 4.74 Å². The lowest BCUT2D eigenvalue weighted by molar-refractivity contribution is 0.0526. The zero-order valence-corrected chi connectivity index (χ0v) is 18.0. The Balaban J connectivity index is 1.57. The quantitative estimate of drug-likeness (QED) is 0.672. The van der Waals surface area contributed by atoms with Crippen molar-refractivity contribution in [1.82, 2.24) is 4.90 Å². The van der Waals surface area contributed by atoms with Crippen LogP contribution in [0.5, 0.6) is 0 Å². The van der Waals surface area contributed by atoms with Gasteiger partial charge in [0.1, 0.15) is 5.84 Å². The van der Waals surface area contributed by atoms with Crippen LogP contribution in [0.2, 0.25) is 0 Å². The molecule has 2 aromatic rings. The summed E-state index contributed by atoms with van der Waals surface area (Å²) in [6, 6.07) is 9.03. The molecule has 0 saturated heterocycles. The first-order valence-corrected chi connectivity index (χ1v) is 10.9. The lowest BCUT2D eigenvalue weighted by Crippen LogP contribution is -2.46. The third-order valence-electron chi connectivity index (χ3n) is 4.77. The van der Waals surface area contributed by atoms with Crippen LogP contribution in [0.25, 0.3) is 0 Å². The van der Waals surface area contributed by atoms with Gasteiger partial charge in [0.15, 0.2) is 0 Å². The van der Waals surface area contributed by atoms with Crippen LogP contribution in [0.3, 0.4) is 0 Å². The molecule has 4 rings (SSSR count). The van der Waals surface area contributed by atoms with E-state index in [1.807, 2.05) is 29.7 Å². The highest BCUT2D eigenvalue weighted by molar-refractivity contribution is 7.09. The first kappa shape index (κ1) is 21.4. The van der Waals surface area contributed by atoms with Crippen molar-refractivity contribution in [2.24, 2.45) is 15.9 Å². The number of carbonyl (C=O) groups is 3. The van der Waals surface area contributed by atoms with Crippen LogP contribution in [-0.4, -0.2) is 41.1 Å². The van der Waals surface area contributed by atoms with E-state index in [0.717, 1.165) is 4.88 Å². The van der Waals surface area contributed by atoms with Gasteiger partial charge in [0.25, 0.3) is 0 Å². The number of nitrogens with zero attached hydrogens (tertiary/aromatic N) is 3. The molecular weight excluding hydrogens is 428 g/mol. The van der Waals surface area contributed by atoms with E-state index in [1.54, 1.807) is 43.3 Å². The lowest BCUT2D eigenvalue weighted by atomic mass is 9.94. The number of amides is 4. The first-order valence-electron chi connectivity index (χ1n) is 9.99. The Morgan fingerprint density at radius 2 is 2.03 bits per heavy atom. The van der Waals surface area contributed by atoms with Gasteiger partial charge in [-0.2, -0.15) is 9.98 Å². The molecule has 1 unspecified atom stereocenters. The minimum atomic E-state index is -0.628. The number of rotatable bonds is 5. The molecule has 1 aromatic carbocycles. The fourth-order valence-corrected chi connectivity index (χ4v) is 3.98. The van der Waals surface area contributed by atoms with Crippen LogP contribution in [-0.2, 0) is 11.3 Å². The van der Waals surface area contributed by atoms with Crippen LogP contribution in [0.1, 0.15) is 22.2 Å². The number of allylic oxidation sites excluding steroid dienone is 3. The molecule has 4 amide bonds. The number of ether oxygens (including phenoxy) is 1. The zero-order chi connectivity index (χ0) is 22.5. The zero-order valence-electron chi connectivity index (χ0n) is 17.2. The van der Waals surface area contributed by atoms with Crippen LogP contribution in [0, 0.1) is 5.92 Å². The van der Waals surface area contributed by atoms with Crippen molar-refractivity contribution in [2.45, 2.75) is 13.5 Å². The highest BCUT2D eigenvalue weighted by atomic mass is 32.1. The van der Waals surface area contributed by atoms with Crippen LogP contribution in [0.4, 0.5) is 15.3 Å². The predicted molar refractivity (Wildman–Crippen MR) is 123 cm³/mol. The summed E-state index contributed by atoms with van der Waals surface area (Å²) in [5.41, 5.74) is 1.40. The molecule has 0 spiro atoms. The summed E-state index contributed by atoms with van der Waals surface area (Å²) in [6.45, 7) is 2.30. The SMILES string of the molecule is CCOC(=O)c1ccc(NC(=O)/N=C2\C3C=CC=CC3=NC(=O)N2Cc2cccs2)cc1. The van der Waals surface area contributed by atoms with E-state index < -0.39 is 23.9 Å². The topological polar surface area (TPSA) is 100 Å². The smallest absolute Gasteiger partial charge is 0.349 e. The van der Waals surface area contributed by atoms with Crippen molar-refractivity contribution < 1.29 is 19.1 Å². The molecule has 9 heteroatoms. The number of amidine groups is 1. The molecule has 0 radical (unpaired) electrons. The highest BCUT2D eigenvalue weighted by Gasteiger charge is 2.34. The summed E-state index contributed by atoms with van der Waals surface area (Å²) >= 11 is 1.51. The van der Waals surface area contributed by atoms with E-state index >= 15 is 0 Å². The molecule has 0 saturated carbocycles. The average Bonchev–Trinajstić information content (AvgIpc) is 3.30. The molecule has 1 atom stereocenters. The molecule has 2 heterocycles. The maximum absolute atomic E-state index is 12.7. The Bertz CT molecular complexity index is 1150. The fraction of sp³-hybridized carbons (Fsp3) is 0.174. The molecule has 2 aliphatic rings. The van der Waals surface area contributed by atoms with Gasteiger partial charge in [-0.05, 0) is 48.7 Å². The fourth-order valence-electron chi connectivity index (χ4n) is 3.29. The van der Waals surface area contributed by atoms with Crippen molar-refractivity contribution in [3.8, 4) is 0 Å². The van der Waals surface area contributed by atoms with E-state index in [1.165, 1.54) is 16.2 Å². The molecule has 32 heavy (non-hydrogen) atoms. The minimum absolute atomic E-state index is 0.279. The second kappa shape index (κ2) is 9.52. The highest BCUT2D eigenvalue weighted by Crippen LogP contribution is 2.24. The number of nitrogens with one attached hydrogen (secondary N) is 1. The molecule has 0 bridgehead atoms. The van der Waals surface area contributed by atoms with Crippen molar-refractivity contribution >= 4 is 46.6 Å². The second-order valence-corrected chi connectivity index (χ2v) is 7.94. The summed E-state index contributed by atoms with van der Waals surface area (Å²) in [5.74, 6) is -0.510. The van der Waals surface area contributed by atoms with Crippen molar-refractivity contribution in [3.63, 3.8) is 0 Å². The van der Waals surface area contributed by atoms with E-state index in [-0.39, 0.29) is 13.2 Å². The monoisotopic (exact) mass is 448 g/mol. The number of fused-ring (bicyclic) bond motifs is 1. The molecule has 1 aliphatic carbocycles. The first-order chi connectivity index (χ1) is 15.5. The Labute approximate surface area is 188 Å². The number of hydrogen-bond acceptors (Lipinski definition) is 5. The third kappa shape index (κ3) is 4.73. The van der Waals surface area contributed by atoms with Gasteiger partial charge in [-0.15, -0.1) is 11.3 Å². The maximum atomic E-state index is 12.7. The van der Waals surface area contributed by atoms with Gasteiger partial charge < -0.3 is 10.1 Å². The molecule has 1 aromatic heterocycles. The van der Waals surface area contributed by atoms with E-state index in [2.05, 4.69) is 15.3 Å². The van der Waals surface area contributed by atoms with E-state index in [0.29, 0.717) is 22.8 Å². The Hall–Kier alpha value is -3.85. The number of anilines is 1. The molecule has 1 aliphatic heterocycles. The molecular formula is C23H20N4O4S. The second-order valence-electron chi connectivity index (χ2n) is 6.90. The number of esters is 1. The van der Waals surface area contributed by atoms with E-state index in [9.17, 15) is 14.4 Å². The summed E-state index contributed by atoms with van der Waals surface area (Å²) in [6.07, 6.45) is 7.23. The van der Waals surface area contributed by atoms with Crippen LogP contribution in [0.15, 0.2) is 76.1 Å². The molecule has 162 valence electrons. The Morgan fingerprint density at radius 1 is 1.22 bits per heavy atom. The number of aliphatic imine (C=N–C) groups is 2. The number of hydrogen-bond donors (Lipinski definition) is 1. The molecule has 8 nitrogen and oxygen atoms in total. The Kier molecular flexibility index (Phi) is 6.37.